The van der Waals surface area contributed by atoms with Gasteiger partial charge in [0.15, 0.2) is 0 Å². The Morgan fingerprint density at radius 1 is 0.968 bits per heavy atom. The van der Waals surface area contributed by atoms with Crippen molar-refractivity contribution < 1.29 is 13.2 Å². The summed E-state index contributed by atoms with van der Waals surface area (Å²) in [6.45, 7) is 1.26. The molecule has 0 unspecified atom stereocenters. The number of carbonyl (C=O) groups excluding carboxylic acids is 1. The van der Waals surface area contributed by atoms with E-state index in [9.17, 15) is 13.2 Å². The van der Waals surface area contributed by atoms with Crippen LogP contribution < -0.4 is 14.9 Å². The Morgan fingerprint density at radius 2 is 1.68 bits per heavy atom. The van der Waals surface area contributed by atoms with Gasteiger partial charge >= 0.3 is 0 Å². The summed E-state index contributed by atoms with van der Waals surface area (Å²) in [5, 5.41) is 3.13. The van der Waals surface area contributed by atoms with Crippen molar-refractivity contribution >= 4 is 38.9 Å². The first-order chi connectivity index (χ1) is 14.9. The summed E-state index contributed by atoms with van der Waals surface area (Å²) >= 11 is 6.04. The van der Waals surface area contributed by atoms with Crippen molar-refractivity contribution in [2.45, 2.75) is 11.3 Å². The molecule has 0 fully saturated rings. The van der Waals surface area contributed by atoms with Crippen LogP contribution in [0.5, 0.6) is 0 Å². The van der Waals surface area contributed by atoms with Crippen LogP contribution in [0.2, 0.25) is 5.02 Å². The number of hydrogen-bond donors (Lipinski definition) is 2. The number of anilines is 2. The topological polar surface area (TPSA) is 78.5 Å². The van der Waals surface area contributed by atoms with Gasteiger partial charge in [-0.2, -0.15) is 0 Å². The van der Waals surface area contributed by atoms with Crippen LogP contribution in [-0.2, 0) is 10.0 Å². The fraction of sp³-hybridized carbons (Fsp3) is 0.174. The molecule has 3 aromatic carbocycles. The number of amides is 1. The quantitative estimate of drug-likeness (QED) is 0.467. The molecule has 0 atom stereocenters. The molecule has 3 rings (SSSR count). The van der Waals surface area contributed by atoms with Gasteiger partial charge in [-0.05, 0) is 48.9 Å². The standard InChI is InChI=1S/C23H24ClN3O3S/c1-27(19-10-3-2-4-11-19)16-8-15-25-23(28)18-9-7-12-20(17-18)31(29,30)26-22-14-6-5-13-21(22)24/h2-7,9-14,17,26H,8,15-16H2,1H3,(H,25,28). The smallest absolute Gasteiger partial charge is 0.261 e. The molecule has 8 heteroatoms. The number of carbonyl (C=O) groups is 1. The third kappa shape index (κ3) is 6.23. The minimum Gasteiger partial charge on any atom is -0.375 e. The predicted molar refractivity (Wildman–Crippen MR) is 125 cm³/mol. The molecule has 0 radical (unpaired) electrons. The van der Waals surface area contributed by atoms with Gasteiger partial charge in [0.05, 0.1) is 15.6 Å². The first-order valence-corrected chi connectivity index (χ1v) is 11.6. The third-order valence-electron chi connectivity index (χ3n) is 4.68. The van der Waals surface area contributed by atoms with Crippen molar-refractivity contribution in [3.8, 4) is 0 Å². The molecule has 2 N–H and O–H groups in total. The zero-order chi connectivity index (χ0) is 22.3. The van der Waals surface area contributed by atoms with E-state index in [-0.39, 0.29) is 22.1 Å². The molecule has 31 heavy (non-hydrogen) atoms. The van der Waals surface area contributed by atoms with Crippen molar-refractivity contribution in [2.75, 3.05) is 29.8 Å². The first kappa shape index (κ1) is 22.7. The van der Waals surface area contributed by atoms with Gasteiger partial charge in [0.2, 0.25) is 0 Å². The van der Waals surface area contributed by atoms with E-state index in [4.69, 9.17) is 11.6 Å². The van der Waals surface area contributed by atoms with Gasteiger partial charge < -0.3 is 10.2 Å². The molecule has 162 valence electrons. The lowest BCUT2D eigenvalue weighted by molar-refractivity contribution is 0.0953. The summed E-state index contributed by atoms with van der Waals surface area (Å²) in [5.74, 6) is -0.322. The van der Waals surface area contributed by atoms with Crippen LogP contribution in [0.25, 0.3) is 0 Å². The maximum atomic E-state index is 12.7. The third-order valence-corrected chi connectivity index (χ3v) is 6.37. The summed E-state index contributed by atoms with van der Waals surface area (Å²) in [6.07, 6.45) is 0.753. The number of rotatable bonds is 9. The molecule has 0 aliphatic rings. The summed E-state index contributed by atoms with van der Waals surface area (Å²) in [7, 11) is -1.88. The molecular formula is C23H24ClN3O3S. The minimum atomic E-state index is -3.88. The van der Waals surface area contributed by atoms with E-state index in [0.717, 1.165) is 18.7 Å². The largest absolute Gasteiger partial charge is 0.375 e. The summed E-state index contributed by atoms with van der Waals surface area (Å²) in [4.78, 5) is 14.6. The number of nitrogens with zero attached hydrogens (tertiary/aromatic N) is 1. The Labute approximate surface area is 187 Å². The molecule has 0 saturated heterocycles. The lowest BCUT2D eigenvalue weighted by Crippen LogP contribution is -2.28. The van der Waals surface area contributed by atoms with Crippen molar-refractivity contribution in [1.29, 1.82) is 0 Å². The zero-order valence-electron chi connectivity index (χ0n) is 17.1. The van der Waals surface area contributed by atoms with Crippen molar-refractivity contribution in [3.63, 3.8) is 0 Å². The van der Waals surface area contributed by atoms with Crippen LogP contribution in [0.4, 0.5) is 11.4 Å². The highest BCUT2D eigenvalue weighted by molar-refractivity contribution is 7.92. The van der Waals surface area contributed by atoms with E-state index < -0.39 is 10.0 Å². The van der Waals surface area contributed by atoms with Crippen molar-refractivity contribution in [3.05, 3.63) is 89.4 Å². The minimum absolute atomic E-state index is 0.0103. The Morgan fingerprint density at radius 3 is 2.42 bits per heavy atom. The van der Waals surface area contributed by atoms with Crippen LogP contribution >= 0.6 is 11.6 Å². The number of sulfonamides is 1. The Kier molecular flexibility index (Phi) is 7.55. The molecule has 0 aromatic heterocycles. The molecule has 6 nitrogen and oxygen atoms in total. The molecule has 1 amide bonds. The van der Waals surface area contributed by atoms with E-state index >= 15 is 0 Å². The Balaban J connectivity index is 1.58. The van der Waals surface area contributed by atoms with Gasteiger partial charge in [-0.15, -0.1) is 0 Å². The second-order valence-electron chi connectivity index (χ2n) is 6.98. The average molecular weight is 458 g/mol. The molecular weight excluding hydrogens is 434 g/mol. The SMILES string of the molecule is CN(CCCNC(=O)c1cccc(S(=O)(=O)Nc2ccccc2Cl)c1)c1ccccc1. The molecule has 0 bridgehead atoms. The average Bonchev–Trinajstić information content (AvgIpc) is 2.78. The lowest BCUT2D eigenvalue weighted by Gasteiger charge is -2.19. The first-order valence-electron chi connectivity index (χ1n) is 9.78. The number of hydrogen-bond acceptors (Lipinski definition) is 4. The van der Waals surface area contributed by atoms with Gasteiger partial charge in [0, 0.05) is 31.4 Å². The second kappa shape index (κ2) is 10.3. The van der Waals surface area contributed by atoms with Crippen LogP contribution in [-0.4, -0.2) is 34.5 Å². The van der Waals surface area contributed by atoms with Crippen molar-refractivity contribution in [2.24, 2.45) is 0 Å². The number of para-hydroxylation sites is 2. The van der Waals surface area contributed by atoms with E-state index in [0.29, 0.717) is 11.6 Å². The van der Waals surface area contributed by atoms with Crippen LogP contribution in [0.3, 0.4) is 0 Å². The summed E-state index contributed by atoms with van der Waals surface area (Å²) < 4.78 is 27.8. The van der Waals surface area contributed by atoms with E-state index in [1.54, 1.807) is 36.4 Å². The fourth-order valence-electron chi connectivity index (χ4n) is 2.98. The molecule has 0 heterocycles. The fourth-order valence-corrected chi connectivity index (χ4v) is 4.35. The highest BCUT2D eigenvalue weighted by atomic mass is 35.5. The lowest BCUT2D eigenvalue weighted by atomic mass is 10.2. The molecule has 0 saturated carbocycles. The highest BCUT2D eigenvalue weighted by Gasteiger charge is 2.17. The van der Waals surface area contributed by atoms with Crippen LogP contribution in [0, 0.1) is 0 Å². The zero-order valence-corrected chi connectivity index (χ0v) is 18.7. The van der Waals surface area contributed by atoms with E-state index in [1.165, 1.54) is 12.1 Å². The molecule has 0 aliphatic carbocycles. The van der Waals surface area contributed by atoms with Gasteiger partial charge in [0.1, 0.15) is 0 Å². The second-order valence-corrected chi connectivity index (χ2v) is 9.07. The Bertz CT molecular complexity index is 1140. The summed E-state index contributed by atoms with van der Waals surface area (Å²) in [5.41, 5.74) is 1.66. The van der Waals surface area contributed by atoms with Crippen LogP contribution in [0.1, 0.15) is 16.8 Å². The van der Waals surface area contributed by atoms with Gasteiger partial charge in [-0.3, -0.25) is 9.52 Å². The maximum Gasteiger partial charge on any atom is 0.261 e. The number of nitrogens with one attached hydrogen (secondary N) is 2. The van der Waals surface area contributed by atoms with Gasteiger partial charge in [-0.25, -0.2) is 8.42 Å². The predicted octanol–water partition coefficient (Wildman–Crippen LogP) is 4.40. The van der Waals surface area contributed by atoms with Gasteiger partial charge in [-0.1, -0.05) is 48.0 Å². The van der Waals surface area contributed by atoms with Crippen LogP contribution in [0.15, 0.2) is 83.8 Å². The van der Waals surface area contributed by atoms with Crippen molar-refractivity contribution in [1.82, 2.24) is 5.32 Å². The number of halogens is 1. The molecule has 3 aromatic rings. The number of benzene rings is 3. The molecule has 0 spiro atoms. The maximum absolute atomic E-state index is 12.7. The van der Waals surface area contributed by atoms with E-state index in [2.05, 4.69) is 14.9 Å². The van der Waals surface area contributed by atoms with E-state index in [1.807, 2.05) is 37.4 Å². The summed E-state index contributed by atoms with van der Waals surface area (Å²) in [6, 6.07) is 22.5. The molecule has 0 aliphatic heterocycles. The van der Waals surface area contributed by atoms with Gasteiger partial charge in [0.25, 0.3) is 15.9 Å². The monoisotopic (exact) mass is 457 g/mol. The Hall–Kier alpha value is -3.03. The normalized spacial score (nSPS) is 11.0. The highest BCUT2D eigenvalue weighted by Crippen LogP contribution is 2.24.